The topological polar surface area (TPSA) is 62.6 Å². The number of nitrogens with one attached hydrogen (secondary N) is 1. The van der Waals surface area contributed by atoms with Crippen LogP contribution in [-0.2, 0) is 10.0 Å². The van der Waals surface area contributed by atoms with Crippen molar-refractivity contribution in [3.05, 3.63) is 53.7 Å². The lowest BCUT2D eigenvalue weighted by Crippen LogP contribution is -2.34. The Morgan fingerprint density at radius 3 is 2.64 bits per heavy atom. The minimum absolute atomic E-state index is 0.0796. The van der Waals surface area contributed by atoms with Crippen molar-refractivity contribution in [3.8, 4) is 0 Å². The highest BCUT2D eigenvalue weighted by molar-refractivity contribution is 7.89. The quantitative estimate of drug-likeness (QED) is 0.885. The SMILES string of the molecule is Cc1ccc(F)c(S(=O)(=O)NC[C@H](c2ccco2)N(C)C)c1. The van der Waals surface area contributed by atoms with Gasteiger partial charge < -0.3 is 4.42 Å². The maximum atomic E-state index is 13.8. The van der Waals surface area contributed by atoms with E-state index in [2.05, 4.69) is 4.72 Å². The van der Waals surface area contributed by atoms with Crippen LogP contribution in [0.1, 0.15) is 17.4 Å². The summed E-state index contributed by atoms with van der Waals surface area (Å²) < 4.78 is 46.1. The van der Waals surface area contributed by atoms with E-state index in [1.165, 1.54) is 18.4 Å². The van der Waals surface area contributed by atoms with Crippen molar-refractivity contribution in [2.24, 2.45) is 0 Å². The lowest BCUT2D eigenvalue weighted by atomic mass is 10.2. The summed E-state index contributed by atoms with van der Waals surface area (Å²) in [5.74, 6) is -0.130. The second-order valence-electron chi connectivity index (χ2n) is 5.28. The zero-order valence-corrected chi connectivity index (χ0v) is 13.5. The van der Waals surface area contributed by atoms with E-state index in [-0.39, 0.29) is 17.5 Å². The molecule has 0 aliphatic rings. The summed E-state index contributed by atoms with van der Waals surface area (Å²) in [4.78, 5) is 1.48. The first kappa shape index (κ1) is 16.7. The average molecular weight is 326 g/mol. The van der Waals surface area contributed by atoms with Gasteiger partial charge in [-0.05, 0) is 50.8 Å². The molecule has 0 saturated heterocycles. The monoisotopic (exact) mass is 326 g/mol. The molecule has 120 valence electrons. The third-order valence-corrected chi connectivity index (χ3v) is 4.78. The van der Waals surface area contributed by atoms with E-state index in [1.807, 2.05) is 19.0 Å². The molecule has 0 radical (unpaired) electrons. The van der Waals surface area contributed by atoms with Crippen molar-refractivity contribution in [1.82, 2.24) is 9.62 Å². The number of furan rings is 1. The van der Waals surface area contributed by atoms with E-state index < -0.39 is 15.8 Å². The molecular formula is C15H19FN2O3S. The second-order valence-corrected chi connectivity index (χ2v) is 7.02. The van der Waals surface area contributed by atoms with E-state index in [9.17, 15) is 12.8 Å². The highest BCUT2D eigenvalue weighted by Gasteiger charge is 2.23. The van der Waals surface area contributed by atoms with Gasteiger partial charge in [-0.3, -0.25) is 4.90 Å². The number of hydrogen-bond donors (Lipinski definition) is 1. The Bertz CT molecular complexity index is 727. The molecule has 0 fully saturated rings. The van der Waals surface area contributed by atoms with Crippen LogP contribution in [0, 0.1) is 12.7 Å². The van der Waals surface area contributed by atoms with Crippen LogP contribution in [0.4, 0.5) is 4.39 Å². The molecule has 2 aromatic rings. The van der Waals surface area contributed by atoms with Crippen LogP contribution in [-0.4, -0.2) is 34.0 Å². The fraction of sp³-hybridized carbons (Fsp3) is 0.333. The summed E-state index contributed by atoms with van der Waals surface area (Å²) in [6, 6.07) is 7.22. The van der Waals surface area contributed by atoms with Gasteiger partial charge >= 0.3 is 0 Å². The van der Waals surface area contributed by atoms with Gasteiger partial charge in [-0.2, -0.15) is 0 Å². The van der Waals surface area contributed by atoms with Crippen molar-refractivity contribution in [1.29, 1.82) is 0 Å². The van der Waals surface area contributed by atoms with E-state index in [0.29, 0.717) is 11.3 Å². The molecule has 0 unspecified atom stereocenters. The Hall–Kier alpha value is -1.70. The molecule has 1 aromatic carbocycles. The number of rotatable bonds is 6. The van der Waals surface area contributed by atoms with Crippen molar-refractivity contribution >= 4 is 10.0 Å². The van der Waals surface area contributed by atoms with Crippen LogP contribution in [0.5, 0.6) is 0 Å². The molecular weight excluding hydrogens is 307 g/mol. The number of likely N-dealkylation sites (N-methyl/N-ethyl adjacent to an activating group) is 1. The highest BCUT2D eigenvalue weighted by Crippen LogP contribution is 2.20. The van der Waals surface area contributed by atoms with Gasteiger partial charge in [-0.1, -0.05) is 6.07 Å². The van der Waals surface area contributed by atoms with Crippen molar-refractivity contribution in [2.75, 3.05) is 20.6 Å². The number of benzene rings is 1. The summed E-state index contributed by atoms with van der Waals surface area (Å²) in [7, 11) is -0.298. The standard InChI is InChI=1S/C15H19FN2O3S/c1-11-6-7-12(16)15(9-11)22(19,20)17-10-13(18(2)3)14-5-4-8-21-14/h4-9,13,17H,10H2,1-3H3/t13-/m1/s1. The number of halogens is 1. The number of hydrogen-bond acceptors (Lipinski definition) is 4. The first-order chi connectivity index (χ1) is 10.3. The van der Waals surface area contributed by atoms with Crippen LogP contribution in [0.25, 0.3) is 0 Å². The molecule has 7 heteroatoms. The van der Waals surface area contributed by atoms with Gasteiger partial charge in [0.25, 0.3) is 0 Å². The Labute approximate surface area is 129 Å². The summed E-state index contributed by atoms with van der Waals surface area (Å²) in [6.45, 7) is 1.79. The van der Waals surface area contributed by atoms with Crippen LogP contribution in [0.3, 0.4) is 0 Å². The van der Waals surface area contributed by atoms with Crippen LogP contribution in [0.15, 0.2) is 45.9 Å². The first-order valence-electron chi connectivity index (χ1n) is 6.77. The fourth-order valence-electron chi connectivity index (χ4n) is 2.10. The van der Waals surface area contributed by atoms with Crippen molar-refractivity contribution < 1.29 is 17.2 Å². The molecule has 0 amide bonds. The molecule has 0 aliphatic carbocycles. The van der Waals surface area contributed by atoms with E-state index in [1.54, 1.807) is 19.1 Å². The first-order valence-corrected chi connectivity index (χ1v) is 8.25. The normalized spacial score (nSPS) is 13.5. The Kier molecular flexibility index (Phi) is 5.00. The zero-order chi connectivity index (χ0) is 16.3. The van der Waals surface area contributed by atoms with Gasteiger partial charge in [-0.25, -0.2) is 17.5 Å². The zero-order valence-electron chi connectivity index (χ0n) is 12.7. The molecule has 5 nitrogen and oxygen atoms in total. The lowest BCUT2D eigenvalue weighted by Gasteiger charge is -2.22. The van der Waals surface area contributed by atoms with Gasteiger partial charge in [0.2, 0.25) is 10.0 Å². The molecule has 0 bridgehead atoms. The van der Waals surface area contributed by atoms with E-state index in [4.69, 9.17) is 4.42 Å². The van der Waals surface area contributed by atoms with Crippen molar-refractivity contribution in [2.45, 2.75) is 17.9 Å². The molecule has 22 heavy (non-hydrogen) atoms. The summed E-state index contributed by atoms with van der Waals surface area (Å²) >= 11 is 0. The molecule has 0 aliphatic heterocycles. The molecule has 1 N–H and O–H groups in total. The molecule has 2 rings (SSSR count). The third kappa shape index (κ3) is 3.73. The van der Waals surface area contributed by atoms with Gasteiger partial charge in [0.15, 0.2) is 0 Å². The third-order valence-electron chi connectivity index (χ3n) is 3.34. The maximum Gasteiger partial charge on any atom is 0.243 e. The largest absolute Gasteiger partial charge is 0.468 e. The summed E-state index contributed by atoms with van der Waals surface area (Å²) in [5, 5.41) is 0. The molecule has 0 spiro atoms. The molecule has 1 aromatic heterocycles. The Morgan fingerprint density at radius 1 is 1.32 bits per heavy atom. The van der Waals surface area contributed by atoms with Crippen molar-refractivity contribution in [3.63, 3.8) is 0 Å². The predicted octanol–water partition coefficient (Wildman–Crippen LogP) is 2.31. The van der Waals surface area contributed by atoms with Crippen LogP contribution in [0.2, 0.25) is 0 Å². The predicted molar refractivity (Wildman–Crippen MR) is 81.5 cm³/mol. The lowest BCUT2D eigenvalue weighted by molar-refractivity contribution is 0.259. The van der Waals surface area contributed by atoms with Gasteiger partial charge in [0.1, 0.15) is 16.5 Å². The molecule has 1 atom stereocenters. The summed E-state index contributed by atoms with van der Waals surface area (Å²) in [6.07, 6.45) is 1.53. The molecule has 0 saturated carbocycles. The number of aryl methyl sites for hydroxylation is 1. The number of sulfonamides is 1. The maximum absolute atomic E-state index is 13.8. The Balaban J connectivity index is 2.20. The van der Waals surface area contributed by atoms with Crippen LogP contribution >= 0.6 is 0 Å². The minimum atomic E-state index is -3.93. The van der Waals surface area contributed by atoms with Gasteiger partial charge in [0.05, 0.1) is 12.3 Å². The second kappa shape index (κ2) is 6.60. The fourth-order valence-corrected chi connectivity index (χ4v) is 3.30. The highest BCUT2D eigenvalue weighted by atomic mass is 32.2. The summed E-state index contributed by atoms with van der Waals surface area (Å²) in [5.41, 5.74) is 0.678. The molecule has 1 heterocycles. The smallest absolute Gasteiger partial charge is 0.243 e. The minimum Gasteiger partial charge on any atom is -0.468 e. The van der Waals surface area contributed by atoms with E-state index >= 15 is 0 Å². The van der Waals surface area contributed by atoms with Gasteiger partial charge in [0, 0.05) is 6.54 Å². The van der Waals surface area contributed by atoms with Crippen LogP contribution < -0.4 is 4.72 Å². The van der Waals surface area contributed by atoms with E-state index in [0.717, 1.165) is 6.07 Å². The number of nitrogens with zero attached hydrogens (tertiary/aromatic N) is 1. The average Bonchev–Trinajstić information content (AvgIpc) is 2.95. The Morgan fingerprint density at radius 2 is 2.05 bits per heavy atom. The van der Waals surface area contributed by atoms with Gasteiger partial charge in [-0.15, -0.1) is 0 Å².